The predicted octanol–water partition coefficient (Wildman–Crippen LogP) is 2.30. The number of carbonyl (C=O) groups is 1. The third-order valence-corrected chi connectivity index (χ3v) is 5.08. The summed E-state index contributed by atoms with van der Waals surface area (Å²) in [5, 5.41) is 10.9. The zero-order chi connectivity index (χ0) is 13.5. The Morgan fingerprint density at radius 3 is 3.16 bits per heavy atom. The largest absolute Gasteiger partial charge is 0.480 e. The van der Waals surface area contributed by atoms with Crippen molar-refractivity contribution in [3.63, 3.8) is 0 Å². The van der Waals surface area contributed by atoms with Crippen LogP contribution in [0.5, 0.6) is 0 Å². The van der Waals surface area contributed by atoms with Gasteiger partial charge in [0.2, 0.25) is 0 Å². The van der Waals surface area contributed by atoms with E-state index in [2.05, 4.69) is 16.3 Å². The molecule has 3 rings (SSSR count). The van der Waals surface area contributed by atoms with E-state index in [-0.39, 0.29) is 12.2 Å². The number of carboxylic acid groups (broad SMARTS) is 1. The summed E-state index contributed by atoms with van der Waals surface area (Å²) in [5.41, 5.74) is 1.20. The fourth-order valence-corrected chi connectivity index (χ4v) is 4.18. The van der Waals surface area contributed by atoms with Crippen LogP contribution >= 0.6 is 11.3 Å². The Bertz CT molecular complexity index is 479. The Morgan fingerprint density at radius 1 is 1.63 bits per heavy atom. The second kappa shape index (κ2) is 4.89. The Labute approximate surface area is 117 Å². The average Bonchev–Trinajstić information content (AvgIpc) is 2.81. The van der Waals surface area contributed by atoms with Crippen LogP contribution < -0.4 is 0 Å². The first-order valence-electron chi connectivity index (χ1n) is 6.73. The molecule has 4 nitrogen and oxygen atoms in total. The molecule has 1 atom stereocenters. The zero-order valence-electron chi connectivity index (χ0n) is 11.1. The first-order valence-corrected chi connectivity index (χ1v) is 7.61. The monoisotopic (exact) mass is 281 g/mol. The molecule has 1 aromatic heterocycles. The van der Waals surface area contributed by atoms with E-state index in [0.29, 0.717) is 6.04 Å². The first kappa shape index (κ1) is 13.1. The topological polar surface area (TPSA) is 49.8 Å². The van der Waals surface area contributed by atoms with Gasteiger partial charge in [-0.1, -0.05) is 0 Å². The summed E-state index contributed by atoms with van der Waals surface area (Å²) in [7, 11) is 0. The number of hydrogen-bond donors (Lipinski definition) is 1. The van der Waals surface area contributed by atoms with Crippen molar-refractivity contribution < 1.29 is 14.6 Å². The van der Waals surface area contributed by atoms with Crippen LogP contribution in [-0.4, -0.2) is 41.3 Å². The van der Waals surface area contributed by atoms with Crippen LogP contribution in [-0.2, 0) is 16.0 Å². The third-order valence-electron chi connectivity index (χ3n) is 4.08. The number of likely N-dealkylation sites (tertiary alicyclic amines) is 1. The zero-order valence-corrected chi connectivity index (χ0v) is 11.9. The van der Waals surface area contributed by atoms with Gasteiger partial charge in [0, 0.05) is 24.0 Å². The highest BCUT2D eigenvalue weighted by Gasteiger charge is 2.44. The van der Waals surface area contributed by atoms with Crippen molar-refractivity contribution in [2.75, 3.05) is 19.7 Å². The summed E-state index contributed by atoms with van der Waals surface area (Å²) in [5.74, 6) is -0.891. The number of rotatable bonds is 4. The van der Waals surface area contributed by atoms with Gasteiger partial charge >= 0.3 is 5.97 Å². The Balaban J connectivity index is 1.61. The van der Waals surface area contributed by atoms with Gasteiger partial charge < -0.3 is 9.84 Å². The number of ether oxygens (including phenoxy) is 1. The highest BCUT2D eigenvalue weighted by atomic mass is 32.1. The van der Waals surface area contributed by atoms with Crippen molar-refractivity contribution in [2.24, 2.45) is 0 Å². The second-order valence-electron chi connectivity index (χ2n) is 5.74. The molecule has 0 aromatic carbocycles. The van der Waals surface area contributed by atoms with Crippen molar-refractivity contribution in [3.8, 4) is 0 Å². The standard InChI is InChI=1S/C14H19NO3S/c1-14(18-7-13(16)17)8-15(9-14)11-3-2-4-12-10(11)5-6-19-12/h5-6,11H,2-4,7-9H2,1H3,(H,16,17). The molecule has 5 heteroatoms. The lowest BCUT2D eigenvalue weighted by Crippen LogP contribution is -2.62. The van der Waals surface area contributed by atoms with Crippen LogP contribution in [0, 0.1) is 0 Å². The van der Waals surface area contributed by atoms with Gasteiger partial charge in [-0.3, -0.25) is 4.90 Å². The Morgan fingerprint density at radius 2 is 2.42 bits per heavy atom. The van der Waals surface area contributed by atoms with Gasteiger partial charge in [-0.15, -0.1) is 11.3 Å². The van der Waals surface area contributed by atoms with Crippen LogP contribution in [0.4, 0.5) is 0 Å². The molecule has 2 heterocycles. The van der Waals surface area contributed by atoms with Crippen molar-refractivity contribution in [1.29, 1.82) is 0 Å². The Hall–Kier alpha value is -0.910. The summed E-state index contributed by atoms with van der Waals surface area (Å²) in [6.07, 6.45) is 3.67. The molecule has 0 spiro atoms. The fourth-order valence-electron chi connectivity index (χ4n) is 3.20. The van der Waals surface area contributed by atoms with E-state index in [1.807, 2.05) is 18.3 Å². The number of aryl methyl sites for hydroxylation is 1. The number of thiophene rings is 1. The van der Waals surface area contributed by atoms with Crippen molar-refractivity contribution >= 4 is 17.3 Å². The number of carboxylic acids is 1. The molecule has 0 amide bonds. The summed E-state index contributed by atoms with van der Waals surface area (Å²) >= 11 is 1.86. The molecule has 0 saturated carbocycles. The van der Waals surface area contributed by atoms with E-state index in [4.69, 9.17) is 9.84 Å². The van der Waals surface area contributed by atoms with E-state index in [0.717, 1.165) is 13.1 Å². The second-order valence-corrected chi connectivity index (χ2v) is 6.75. The molecule has 19 heavy (non-hydrogen) atoms. The van der Waals surface area contributed by atoms with Crippen molar-refractivity contribution in [1.82, 2.24) is 4.90 Å². The molecule has 1 aliphatic carbocycles. The van der Waals surface area contributed by atoms with Gasteiger partial charge in [0.15, 0.2) is 0 Å². The van der Waals surface area contributed by atoms with Crippen LogP contribution in [0.25, 0.3) is 0 Å². The minimum Gasteiger partial charge on any atom is -0.480 e. The maximum Gasteiger partial charge on any atom is 0.329 e. The number of nitrogens with zero attached hydrogens (tertiary/aromatic N) is 1. The smallest absolute Gasteiger partial charge is 0.329 e. The number of aliphatic carboxylic acids is 1. The van der Waals surface area contributed by atoms with Crippen LogP contribution in [0.2, 0.25) is 0 Å². The maximum absolute atomic E-state index is 10.6. The molecule has 1 saturated heterocycles. The fraction of sp³-hybridized carbons (Fsp3) is 0.643. The van der Waals surface area contributed by atoms with Crippen LogP contribution in [0.1, 0.15) is 36.2 Å². The normalized spacial score (nSPS) is 25.6. The first-order chi connectivity index (χ1) is 9.07. The molecule has 1 fully saturated rings. The van der Waals surface area contributed by atoms with E-state index in [1.54, 1.807) is 0 Å². The van der Waals surface area contributed by atoms with Gasteiger partial charge in [0.1, 0.15) is 6.61 Å². The molecule has 0 radical (unpaired) electrons. The Kier molecular flexibility index (Phi) is 3.37. The van der Waals surface area contributed by atoms with Gasteiger partial charge in [-0.25, -0.2) is 4.79 Å². The number of fused-ring (bicyclic) bond motifs is 1. The summed E-state index contributed by atoms with van der Waals surface area (Å²) < 4.78 is 5.48. The van der Waals surface area contributed by atoms with Gasteiger partial charge in [-0.2, -0.15) is 0 Å². The lowest BCUT2D eigenvalue weighted by Gasteiger charge is -2.51. The minimum atomic E-state index is -0.891. The molecular weight excluding hydrogens is 262 g/mol. The summed E-state index contributed by atoms with van der Waals surface area (Å²) in [6, 6.07) is 2.76. The molecule has 1 N–H and O–H groups in total. The molecule has 1 unspecified atom stereocenters. The minimum absolute atomic E-state index is 0.196. The quantitative estimate of drug-likeness (QED) is 0.920. The van der Waals surface area contributed by atoms with Crippen LogP contribution in [0.3, 0.4) is 0 Å². The van der Waals surface area contributed by atoms with Gasteiger partial charge in [0.25, 0.3) is 0 Å². The number of hydrogen-bond acceptors (Lipinski definition) is 4. The summed E-state index contributed by atoms with van der Waals surface area (Å²) in [4.78, 5) is 14.5. The van der Waals surface area contributed by atoms with E-state index >= 15 is 0 Å². The SMILES string of the molecule is CC1(OCC(=O)O)CN(C2CCCc3sccc32)C1. The van der Waals surface area contributed by atoms with Gasteiger partial charge in [0.05, 0.1) is 5.60 Å². The molecule has 0 bridgehead atoms. The lowest BCUT2D eigenvalue weighted by atomic mass is 9.86. The molecule has 1 aliphatic heterocycles. The van der Waals surface area contributed by atoms with E-state index in [9.17, 15) is 4.79 Å². The summed E-state index contributed by atoms with van der Waals surface area (Å²) in [6.45, 7) is 3.48. The average molecular weight is 281 g/mol. The highest BCUT2D eigenvalue weighted by molar-refractivity contribution is 7.10. The predicted molar refractivity (Wildman–Crippen MR) is 73.6 cm³/mol. The van der Waals surface area contributed by atoms with Crippen molar-refractivity contribution in [2.45, 2.75) is 37.8 Å². The molecule has 104 valence electrons. The van der Waals surface area contributed by atoms with Crippen LogP contribution in [0.15, 0.2) is 11.4 Å². The van der Waals surface area contributed by atoms with Crippen molar-refractivity contribution in [3.05, 3.63) is 21.9 Å². The van der Waals surface area contributed by atoms with E-state index < -0.39 is 5.97 Å². The van der Waals surface area contributed by atoms with E-state index in [1.165, 1.54) is 29.7 Å². The third kappa shape index (κ3) is 2.55. The molecular formula is C14H19NO3S. The molecule has 1 aromatic rings. The lowest BCUT2D eigenvalue weighted by molar-refractivity contribution is -0.170. The highest BCUT2D eigenvalue weighted by Crippen LogP contribution is 2.41. The maximum atomic E-state index is 10.6. The van der Waals surface area contributed by atoms with Gasteiger partial charge in [-0.05, 0) is 43.2 Å². The molecule has 2 aliphatic rings.